The van der Waals surface area contributed by atoms with Crippen molar-refractivity contribution in [3.05, 3.63) is 0 Å². The standard InChI is InChI=1S/C18H36O4/c1-7-10-12-14-16(19)20-17(21-22-18(4,5)6)15(9-3)13-11-8-2/h15,17H,7-14H2,1-6H3. The van der Waals surface area contributed by atoms with Crippen LogP contribution in [0.15, 0.2) is 0 Å². The van der Waals surface area contributed by atoms with Crippen molar-refractivity contribution < 1.29 is 19.3 Å². The van der Waals surface area contributed by atoms with Crippen molar-refractivity contribution >= 4 is 5.97 Å². The van der Waals surface area contributed by atoms with Crippen LogP contribution in [0.1, 0.15) is 92.9 Å². The molecule has 0 aromatic rings. The Labute approximate surface area is 136 Å². The van der Waals surface area contributed by atoms with Crippen LogP contribution in [0.2, 0.25) is 0 Å². The lowest BCUT2D eigenvalue weighted by atomic mass is 9.99. The molecule has 0 aliphatic carbocycles. The molecule has 2 atom stereocenters. The predicted molar refractivity (Wildman–Crippen MR) is 89.3 cm³/mol. The minimum Gasteiger partial charge on any atom is -0.433 e. The van der Waals surface area contributed by atoms with Crippen LogP contribution in [0.5, 0.6) is 0 Å². The fourth-order valence-electron chi connectivity index (χ4n) is 2.09. The van der Waals surface area contributed by atoms with Crippen LogP contribution in [0.3, 0.4) is 0 Å². The molecule has 132 valence electrons. The highest BCUT2D eigenvalue weighted by molar-refractivity contribution is 5.69. The monoisotopic (exact) mass is 316 g/mol. The molecule has 0 aromatic heterocycles. The molecular formula is C18H36O4. The van der Waals surface area contributed by atoms with Crippen LogP contribution in [0.25, 0.3) is 0 Å². The van der Waals surface area contributed by atoms with Gasteiger partial charge < -0.3 is 4.74 Å². The van der Waals surface area contributed by atoms with Crippen LogP contribution in [-0.2, 0) is 19.3 Å². The van der Waals surface area contributed by atoms with Gasteiger partial charge in [-0.15, -0.1) is 0 Å². The third-order valence-electron chi connectivity index (χ3n) is 3.46. The van der Waals surface area contributed by atoms with Crippen molar-refractivity contribution in [2.45, 2.75) is 105 Å². The SMILES string of the molecule is CCCCCC(=O)OC(OOC(C)(C)C)C(CC)CCCC. The molecular weight excluding hydrogens is 280 g/mol. The number of ether oxygens (including phenoxy) is 1. The summed E-state index contributed by atoms with van der Waals surface area (Å²) in [6, 6.07) is 0. The number of esters is 1. The second-order valence-electron chi connectivity index (χ2n) is 6.92. The molecule has 0 aromatic carbocycles. The normalized spacial score (nSPS) is 14.6. The molecule has 0 aliphatic heterocycles. The van der Waals surface area contributed by atoms with E-state index in [1.54, 1.807) is 0 Å². The van der Waals surface area contributed by atoms with Crippen LogP contribution in [0, 0.1) is 5.92 Å². The molecule has 0 amide bonds. The summed E-state index contributed by atoms with van der Waals surface area (Å²) in [4.78, 5) is 22.9. The molecule has 0 heterocycles. The molecule has 0 rings (SSSR count). The van der Waals surface area contributed by atoms with E-state index >= 15 is 0 Å². The molecule has 0 fully saturated rings. The first-order valence-corrected chi connectivity index (χ1v) is 8.88. The molecule has 4 heteroatoms. The molecule has 0 spiro atoms. The van der Waals surface area contributed by atoms with Crippen LogP contribution in [0.4, 0.5) is 0 Å². The van der Waals surface area contributed by atoms with Gasteiger partial charge in [0.2, 0.25) is 6.29 Å². The Kier molecular flexibility index (Phi) is 11.6. The lowest BCUT2D eigenvalue weighted by molar-refractivity contribution is -0.418. The zero-order valence-corrected chi connectivity index (χ0v) is 15.4. The number of carbonyl (C=O) groups is 1. The number of carbonyl (C=O) groups excluding carboxylic acids is 1. The summed E-state index contributed by atoms with van der Waals surface area (Å²) in [6.45, 7) is 12.1. The first-order valence-electron chi connectivity index (χ1n) is 8.88. The van der Waals surface area contributed by atoms with Gasteiger partial charge in [0.15, 0.2) is 0 Å². The highest BCUT2D eigenvalue weighted by atomic mass is 17.2. The summed E-state index contributed by atoms with van der Waals surface area (Å²) >= 11 is 0. The Balaban J connectivity index is 4.57. The first kappa shape index (κ1) is 21.4. The molecule has 0 N–H and O–H groups in total. The van der Waals surface area contributed by atoms with Gasteiger partial charge in [-0.2, -0.15) is 4.89 Å². The van der Waals surface area contributed by atoms with E-state index in [9.17, 15) is 4.79 Å². The Morgan fingerprint density at radius 1 is 1.00 bits per heavy atom. The first-order chi connectivity index (χ1) is 10.3. The van der Waals surface area contributed by atoms with Crippen LogP contribution < -0.4 is 0 Å². The average molecular weight is 316 g/mol. The van der Waals surface area contributed by atoms with Crippen molar-refractivity contribution in [3.63, 3.8) is 0 Å². The molecule has 0 aliphatic rings. The van der Waals surface area contributed by atoms with E-state index < -0.39 is 11.9 Å². The summed E-state index contributed by atoms with van der Waals surface area (Å²) in [7, 11) is 0. The van der Waals surface area contributed by atoms with Gasteiger partial charge in [-0.05, 0) is 40.0 Å². The maximum Gasteiger partial charge on any atom is 0.308 e. The van der Waals surface area contributed by atoms with Gasteiger partial charge >= 0.3 is 5.97 Å². The molecule has 0 bridgehead atoms. The fourth-order valence-corrected chi connectivity index (χ4v) is 2.09. The van der Waals surface area contributed by atoms with Crippen LogP contribution in [-0.4, -0.2) is 17.9 Å². The van der Waals surface area contributed by atoms with Gasteiger partial charge in [-0.1, -0.05) is 46.5 Å². The molecule has 2 unspecified atom stereocenters. The lowest BCUT2D eigenvalue weighted by Gasteiger charge is -2.28. The maximum absolute atomic E-state index is 12.0. The molecule has 4 nitrogen and oxygen atoms in total. The van der Waals surface area contributed by atoms with Crippen molar-refractivity contribution in [2.75, 3.05) is 0 Å². The van der Waals surface area contributed by atoms with E-state index in [4.69, 9.17) is 14.5 Å². The lowest BCUT2D eigenvalue weighted by Crippen LogP contribution is -2.33. The predicted octanol–water partition coefficient (Wildman–Crippen LogP) is 5.40. The van der Waals surface area contributed by atoms with Crippen molar-refractivity contribution in [1.82, 2.24) is 0 Å². The summed E-state index contributed by atoms with van der Waals surface area (Å²) in [5.74, 6) is -0.0108. The zero-order valence-electron chi connectivity index (χ0n) is 15.4. The second-order valence-corrected chi connectivity index (χ2v) is 6.92. The second kappa shape index (κ2) is 11.9. The third-order valence-corrected chi connectivity index (χ3v) is 3.46. The van der Waals surface area contributed by atoms with Crippen molar-refractivity contribution in [1.29, 1.82) is 0 Å². The van der Waals surface area contributed by atoms with E-state index in [-0.39, 0.29) is 11.9 Å². The summed E-state index contributed by atoms with van der Waals surface area (Å²) < 4.78 is 5.56. The van der Waals surface area contributed by atoms with Gasteiger partial charge in [-0.25, -0.2) is 4.89 Å². The van der Waals surface area contributed by atoms with E-state index in [0.717, 1.165) is 44.9 Å². The Hall–Kier alpha value is -0.610. The molecule has 22 heavy (non-hydrogen) atoms. The fraction of sp³-hybridized carbons (Fsp3) is 0.944. The van der Waals surface area contributed by atoms with Gasteiger partial charge in [0.05, 0.1) is 5.60 Å². The number of hydrogen-bond acceptors (Lipinski definition) is 4. The van der Waals surface area contributed by atoms with Gasteiger partial charge in [0, 0.05) is 12.3 Å². The topological polar surface area (TPSA) is 44.8 Å². The Morgan fingerprint density at radius 2 is 1.64 bits per heavy atom. The maximum atomic E-state index is 12.0. The van der Waals surface area contributed by atoms with Crippen molar-refractivity contribution in [3.8, 4) is 0 Å². The van der Waals surface area contributed by atoms with E-state index in [1.165, 1.54) is 0 Å². The van der Waals surface area contributed by atoms with E-state index in [0.29, 0.717) is 6.42 Å². The third kappa shape index (κ3) is 11.0. The van der Waals surface area contributed by atoms with Crippen LogP contribution >= 0.6 is 0 Å². The van der Waals surface area contributed by atoms with Gasteiger partial charge in [0.1, 0.15) is 0 Å². The smallest absolute Gasteiger partial charge is 0.308 e. The number of hydrogen-bond donors (Lipinski definition) is 0. The highest BCUT2D eigenvalue weighted by Gasteiger charge is 2.27. The minimum absolute atomic E-state index is 0.178. The highest BCUT2D eigenvalue weighted by Crippen LogP contribution is 2.23. The van der Waals surface area contributed by atoms with E-state index in [2.05, 4.69) is 20.8 Å². The van der Waals surface area contributed by atoms with E-state index in [1.807, 2.05) is 20.8 Å². The van der Waals surface area contributed by atoms with Crippen molar-refractivity contribution in [2.24, 2.45) is 5.92 Å². The minimum atomic E-state index is -0.607. The van der Waals surface area contributed by atoms with Gasteiger partial charge in [0.25, 0.3) is 0 Å². The zero-order chi connectivity index (χ0) is 17.0. The Morgan fingerprint density at radius 3 is 2.14 bits per heavy atom. The quantitative estimate of drug-likeness (QED) is 0.159. The molecule has 0 radical (unpaired) electrons. The molecule has 0 saturated carbocycles. The Bertz CT molecular complexity index is 283. The number of rotatable bonds is 12. The summed E-state index contributed by atoms with van der Waals surface area (Å²) in [6.07, 6.45) is 6.95. The molecule has 0 saturated heterocycles. The summed E-state index contributed by atoms with van der Waals surface area (Å²) in [5.41, 5.74) is -0.421. The van der Waals surface area contributed by atoms with Gasteiger partial charge in [-0.3, -0.25) is 4.79 Å². The summed E-state index contributed by atoms with van der Waals surface area (Å²) in [5, 5.41) is 0. The largest absolute Gasteiger partial charge is 0.433 e. The number of unbranched alkanes of at least 4 members (excludes halogenated alkanes) is 3. The average Bonchev–Trinajstić information content (AvgIpc) is 2.44.